The maximum atomic E-state index is 10.3. The van der Waals surface area contributed by atoms with Crippen molar-refractivity contribution in [3.63, 3.8) is 0 Å². The molecular formula is C18H23N3O4S2. The minimum absolute atomic E-state index is 0.107. The topological polar surface area (TPSA) is 126 Å². The summed E-state index contributed by atoms with van der Waals surface area (Å²) in [6.07, 6.45) is 0. The van der Waals surface area contributed by atoms with Crippen LogP contribution in [0.25, 0.3) is 0 Å². The molecule has 1 heterocycles. The number of aryl methyl sites for hydroxylation is 2. The molecule has 0 aliphatic carbocycles. The predicted octanol–water partition coefficient (Wildman–Crippen LogP) is 3.00. The first kappa shape index (κ1) is 22.8. The SMILES string of the molecule is Cc1cc(C)nc(N)n1.O=C(O)CSCc1ccc(CSCC(=O)O)cc1. The van der Waals surface area contributed by atoms with Crippen LogP contribution < -0.4 is 5.73 Å². The van der Waals surface area contributed by atoms with E-state index in [1.165, 1.54) is 23.5 Å². The number of carboxylic acids is 2. The molecule has 27 heavy (non-hydrogen) atoms. The summed E-state index contributed by atoms with van der Waals surface area (Å²) >= 11 is 2.72. The highest BCUT2D eigenvalue weighted by molar-refractivity contribution is 7.99. The lowest BCUT2D eigenvalue weighted by atomic mass is 10.2. The molecule has 0 fully saturated rings. The number of rotatable bonds is 8. The van der Waals surface area contributed by atoms with E-state index in [9.17, 15) is 9.59 Å². The van der Waals surface area contributed by atoms with Crippen LogP contribution in [0.15, 0.2) is 30.3 Å². The molecule has 0 unspecified atom stereocenters. The molecule has 0 saturated carbocycles. The molecule has 1 aromatic carbocycles. The number of nitrogens with zero attached hydrogens (tertiary/aromatic N) is 2. The lowest BCUT2D eigenvalue weighted by molar-refractivity contribution is -0.134. The van der Waals surface area contributed by atoms with Crippen molar-refractivity contribution in [2.75, 3.05) is 17.2 Å². The van der Waals surface area contributed by atoms with Crippen molar-refractivity contribution in [2.45, 2.75) is 25.4 Å². The normalized spacial score (nSPS) is 10.0. The molecule has 1 aromatic heterocycles. The van der Waals surface area contributed by atoms with E-state index in [4.69, 9.17) is 15.9 Å². The zero-order valence-corrected chi connectivity index (χ0v) is 16.8. The van der Waals surface area contributed by atoms with Gasteiger partial charge in [0.25, 0.3) is 0 Å². The Hall–Kier alpha value is -2.26. The van der Waals surface area contributed by atoms with Crippen molar-refractivity contribution < 1.29 is 19.8 Å². The smallest absolute Gasteiger partial charge is 0.313 e. The van der Waals surface area contributed by atoms with Gasteiger partial charge in [0.2, 0.25) is 5.95 Å². The minimum atomic E-state index is -0.804. The van der Waals surface area contributed by atoms with Gasteiger partial charge in [0.15, 0.2) is 0 Å². The number of aliphatic carboxylic acids is 2. The van der Waals surface area contributed by atoms with E-state index in [2.05, 4.69) is 9.97 Å². The first-order valence-electron chi connectivity index (χ1n) is 8.01. The first-order chi connectivity index (χ1) is 12.8. The number of aromatic nitrogens is 2. The monoisotopic (exact) mass is 409 g/mol. The third kappa shape index (κ3) is 11.1. The van der Waals surface area contributed by atoms with Gasteiger partial charge >= 0.3 is 11.9 Å². The Morgan fingerprint density at radius 3 is 1.56 bits per heavy atom. The van der Waals surface area contributed by atoms with Crippen molar-refractivity contribution in [3.05, 3.63) is 52.8 Å². The Balaban J connectivity index is 0.000000337. The van der Waals surface area contributed by atoms with Gasteiger partial charge in [0, 0.05) is 22.9 Å². The molecule has 2 aromatic rings. The van der Waals surface area contributed by atoms with E-state index in [0.717, 1.165) is 22.5 Å². The molecule has 4 N–H and O–H groups in total. The summed E-state index contributed by atoms with van der Waals surface area (Å²) in [6, 6.07) is 9.68. The van der Waals surface area contributed by atoms with Crippen LogP contribution in [0.4, 0.5) is 5.95 Å². The highest BCUT2D eigenvalue weighted by Crippen LogP contribution is 2.16. The van der Waals surface area contributed by atoms with E-state index in [-0.39, 0.29) is 11.5 Å². The zero-order chi connectivity index (χ0) is 20.2. The average Bonchev–Trinajstić information content (AvgIpc) is 2.55. The molecule has 7 nitrogen and oxygen atoms in total. The van der Waals surface area contributed by atoms with Gasteiger partial charge in [-0.3, -0.25) is 9.59 Å². The summed E-state index contributed by atoms with van der Waals surface area (Å²) in [7, 11) is 0. The second-order valence-corrected chi connectivity index (χ2v) is 7.57. The van der Waals surface area contributed by atoms with Gasteiger partial charge in [-0.05, 0) is 31.0 Å². The Labute approximate surface area is 166 Å². The van der Waals surface area contributed by atoms with Gasteiger partial charge in [0.1, 0.15) is 0 Å². The zero-order valence-electron chi connectivity index (χ0n) is 15.2. The average molecular weight is 410 g/mol. The number of benzene rings is 1. The molecule has 0 amide bonds. The molecule has 0 aliphatic heterocycles. The fourth-order valence-electron chi connectivity index (χ4n) is 2.00. The van der Waals surface area contributed by atoms with E-state index < -0.39 is 11.9 Å². The standard InChI is InChI=1S/C12H14O4S2.C6H9N3/c13-11(14)7-17-5-9-1-2-10(4-3-9)6-18-8-12(15)16;1-4-3-5(2)9-6(7)8-4/h1-4H,5-8H2,(H,13,14)(H,15,16);3H,1-2H3,(H2,7,8,9). The second kappa shape index (κ2) is 12.2. The number of thioether (sulfide) groups is 2. The molecule has 146 valence electrons. The molecule has 0 atom stereocenters. The van der Waals surface area contributed by atoms with E-state index in [1.54, 1.807) is 0 Å². The van der Waals surface area contributed by atoms with Crippen LogP contribution >= 0.6 is 23.5 Å². The summed E-state index contributed by atoms with van der Waals surface area (Å²) in [5.74, 6) is 0.312. The van der Waals surface area contributed by atoms with Crippen molar-refractivity contribution in [3.8, 4) is 0 Å². The molecule has 0 bridgehead atoms. The van der Waals surface area contributed by atoms with Gasteiger partial charge in [-0.1, -0.05) is 24.3 Å². The molecule has 0 spiro atoms. The highest BCUT2D eigenvalue weighted by atomic mass is 32.2. The number of hydrogen-bond donors (Lipinski definition) is 3. The lowest BCUT2D eigenvalue weighted by Gasteiger charge is -2.03. The molecular weight excluding hydrogens is 386 g/mol. The number of anilines is 1. The fraction of sp³-hybridized carbons (Fsp3) is 0.333. The quantitative estimate of drug-likeness (QED) is 0.603. The number of carboxylic acid groups (broad SMARTS) is 2. The van der Waals surface area contributed by atoms with Crippen LogP contribution in [-0.2, 0) is 21.1 Å². The number of nitrogens with two attached hydrogens (primary N) is 1. The van der Waals surface area contributed by atoms with Gasteiger partial charge in [-0.15, -0.1) is 23.5 Å². The third-order valence-corrected chi connectivity index (χ3v) is 4.99. The maximum Gasteiger partial charge on any atom is 0.313 e. The second-order valence-electron chi connectivity index (χ2n) is 5.60. The summed E-state index contributed by atoms with van der Waals surface area (Å²) in [5, 5.41) is 17.0. The predicted molar refractivity (Wildman–Crippen MR) is 110 cm³/mol. The largest absolute Gasteiger partial charge is 0.481 e. The van der Waals surface area contributed by atoms with E-state index in [1.807, 2.05) is 44.2 Å². The van der Waals surface area contributed by atoms with E-state index >= 15 is 0 Å². The fourth-order valence-corrected chi connectivity index (χ4v) is 3.41. The number of hydrogen-bond acceptors (Lipinski definition) is 7. The van der Waals surface area contributed by atoms with Gasteiger partial charge in [-0.25, -0.2) is 9.97 Å². The van der Waals surface area contributed by atoms with Gasteiger partial charge in [0.05, 0.1) is 11.5 Å². The van der Waals surface area contributed by atoms with Crippen LogP contribution in [0.3, 0.4) is 0 Å². The van der Waals surface area contributed by atoms with E-state index in [0.29, 0.717) is 17.5 Å². The first-order valence-corrected chi connectivity index (χ1v) is 10.3. The summed E-state index contributed by atoms with van der Waals surface area (Å²) < 4.78 is 0. The summed E-state index contributed by atoms with van der Waals surface area (Å²) in [4.78, 5) is 28.5. The van der Waals surface area contributed by atoms with Crippen LogP contribution in [-0.4, -0.2) is 43.6 Å². The molecule has 0 radical (unpaired) electrons. The molecule has 0 aliphatic rings. The Morgan fingerprint density at radius 1 is 0.889 bits per heavy atom. The third-order valence-electron chi connectivity index (χ3n) is 3.01. The lowest BCUT2D eigenvalue weighted by Crippen LogP contribution is -1.98. The number of nitrogen functional groups attached to an aromatic ring is 1. The van der Waals surface area contributed by atoms with Crippen LogP contribution in [0.2, 0.25) is 0 Å². The van der Waals surface area contributed by atoms with Crippen molar-refractivity contribution in [2.24, 2.45) is 0 Å². The maximum absolute atomic E-state index is 10.3. The summed E-state index contributed by atoms with van der Waals surface area (Å²) in [6.45, 7) is 3.79. The van der Waals surface area contributed by atoms with Gasteiger partial charge in [-0.2, -0.15) is 0 Å². The molecule has 2 rings (SSSR count). The van der Waals surface area contributed by atoms with Crippen LogP contribution in [0.1, 0.15) is 22.5 Å². The van der Waals surface area contributed by atoms with Gasteiger partial charge < -0.3 is 15.9 Å². The van der Waals surface area contributed by atoms with Crippen molar-refractivity contribution >= 4 is 41.4 Å². The Kier molecular flexibility index (Phi) is 10.3. The minimum Gasteiger partial charge on any atom is -0.481 e. The van der Waals surface area contributed by atoms with Crippen molar-refractivity contribution in [1.29, 1.82) is 0 Å². The number of carbonyl (C=O) groups is 2. The summed E-state index contributed by atoms with van der Waals surface area (Å²) in [5.41, 5.74) is 9.32. The van der Waals surface area contributed by atoms with Crippen LogP contribution in [0.5, 0.6) is 0 Å². The highest BCUT2D eigenvalue weighted by Gasteiger charge is 2.01. The Morgan fingerprint density at radius 2 is 1.26 bits per heavy atom. The Bertz CT molecular complexity index is 665. The molecule has 9 heteroatoms. The molecule has 0 saturated heterocycles. The van der Waals surface area contributed by atoms with Crippen molar-refractivity contribution in [1.82, 2.24) is 9.97 Å². The van der Waals surface area contributed by atoms with Crippen LogP contribution in [0, 0.1) is 13.8 Å².